The molecule has 110 valence electrons. The molecule has 1 aromatic rings. The number of esters is 2. The third-order valence-corrected chi connectivity index (χ3v) is 3.72. The molecule has 1 unspecified atom stereocenters. The van der Waals surface area contributed by atoms with E-state index in [-0.39, 0.29) is 5.92 Å². The summed E-state index contributed by atoms with van der Waals surface area (Å²) in [6, 6.07) is 10.0. The molecule has 0 amide bonds. The molecule has 21 heavy (non-hydrogen) atoms. The van der Waals surface area contributed by atoms with Gasteiger partial charge < -0.3 is 9.47 Å². The number of methoxy groups -OCH3 is 2. The standard InChI is InChI=1S/C17H18O4/c1-20-15(18)17(16(19)21-2)12-14(17)11-7-6-10-13-8-4-3-5-9-13/h3-5,8-9,14H,6,10,12H2,1-2H3. The SMILES string of the molecule is COC(=O)C1(C(=O)OC)CC1C#CCCc1ccccc1. The second-order valence-corrected chi connectivity index (χ2v) is 5.02. The third kappa shape index (κ3) is 3.08. The Morgan fingerprint density at radius 1 is 1.19 bits per heavy atom. The smallest absolute Gasteiger partial charge is 0.324 e. The topological polar surface area (TPSA) is 52.6 Å². The molecule has 0 aromatic heterocycles. The molecule has 1 fully saturated rings. The van der Waals surface area contributed by atoms with Crippen LogP contribution in [0.15, 0.2) is 30.3 Å². The van der Waals surface area contributed by atoms with Crippen LogP contribution in [0.2, 0.25) is 0 Å². The van der Waals surface area contributed by atoms with Crippen LogP contribution in [0.5, 0.6) is 0 Å². The zero-order chi connectivity index (χ0) is 15.3. The van der Waals surface area contributed by atoms with E-state index in [9.17, 15) is 9.59 Å². The normalized spacial score (nSPS) is 18.1. The summed E-state index contributed by atoms with van der Waals surface area (Å²) >= 11 is 0. The Labute approximate surface area is 124 Å². The van der Waals surface area contributed by atoms with Gasteiger partial charge in [0.25, 0.3) is 0 Å². The molecule has 4 heteroatoms. The molecular weight excluding hydrogens is 268 g/mol. The molecule has 2 rings (SSSR count). The number of aryl methyl sites for hydroxylation is 1. The molecule has 1 aliphatic rings. The number of ether oxygens (including phenoxy) is 2. The van der Waals surface area contributed by atoms with Gasteiger partial charge in [-0.05, 0) is 18.4 Å². The van der Waals surface area contributed by atoms with E-state index in [2.05, 4.69) is 11.8 Å². The molecule has 1 aromatic carbocycles. The van der Waals surface area contributed by atoms with Crippen molar-refractivity contribution in [2.45, 2.75) is 19.3 Å². The quantitative estimate of drug-likeness (QED) is 0.482. The van der Waals surface area contributed by atoms with Crippen molar-refractivity contribution in [2.75, 3.05) is 14.2 Å². The number of carbonyl (C=O) groups is 2. The molecule has 0 N–H and O–H groups in total. The van der Waals surface area contributed by atoms with Crippen molar-refractivity contribution in [3.63, 3.8) is 0 Å². The van der Waals surface area contributed by atoms with Crippen LogP contribution in [0.25, 0.3) is 0 Å². The highest BCUT2D eigenvalue weighted by Gasteiger charge is 2.67. The third-order valence-electron chi connectivity index (χ3n) is 3.72. The largest absolute Gasteiger partial charge is 0.468 e. The van der Waals surface area contributed by atoms with E-state index in [4.69, 9.17) is 9.47 Å². The van der Waals surface area contributed by atoms with E-state index >= 15 is 0 Å². The van der Waals surface area contributed by atoms with Gasteiger partial charge in [-0.25, -0.2) is 0 Å². The molecular formula is C17H18O4. The van der Waals surface area contributed by atoms with E-state index in [0.29, 0.717) is 12.8 Å². The van der Waals surface area contributed by atoms with Crippen LogP contribution < -0.4 is 0 Å². The average Bonchev–Trinajstić information content (AvgIpc) is 3.26. The van der Waals surface area contributed by atoms with Gasteiger partial charge in [0.15, 0.2) is 5.41 Å². The second kappa shape index (κ2) is 6.45. The fraction of sp³-hybridized carbons (Fsp3) is 0.412. The molecule has 0 heterocycles. The molecule has 0 saturated heterocycles. The summed E-state index contributed by atoms with van der Waals surface area (Å²) < 4.78 is 9.40. The fourth-order valence-corrected chi connectivity index (χ4v) is 2.38. The molecule has 4 nitrogen and oxygen atoms in total. The van der Waals surface area contributed by atoms with E-state index in [1.54, 1.807) is 0 Å². The van der Waals surface area contributed by atoms with Crippen molar-refractivity contribution in [3.8, 4) is 11.8 Å². The summed E-state index contributed by atoms with van der Waals surface area (Å²) in [6.45, 7) is 0. The molecule has 1 atom stereocenters. The molecule has 0 radical (unpaired) electrons. The number of benzene rings is 1. The number of carbonyl (C=O) groups excluding carboxylic acids is 2. The highest BCUT2D eigenvalue weighted by molar-refractivity contribution is 6.04. The molecule has 0 bridgehead atoms. The van der Waals surface area contributed by atoms with Crippen LogP contribution in [0.1, 0.15) is 18.4 Å². The van der Waals surface area contributed by atoms with E-state index < -0.39 is 17.4 Å². The molecule has 1 aliphatic carbocycles. The van der Waals surface area contributed by atoms with Gasteiger partial charge in [-0.2, -0.15) is 0 Å². The highest BCUT2D eigenvalue weighted by Crippen LogP contribution is 2.54. The van der Waals surface area contributed by atoms with Crippen molar-refractivity contribution in [1.29, 1.82) is 0 Å². The van der Waals surface area contributed by atoms with Crippen molar-refractivity contribution < 1.29 is 19.1 Å². The van der Waals surface area contributed by atoms with E-state index in [1.165, 1.54) is 19.8 Å². The molecule has 0 aliphatic heterocycles. The summed E-state index contributed by atoms with van der Waals surface area (Å²) in [6.07, 6.45) is 1.92. The maximum absolute atomic E-state index is 11.8. The Kier molecular flexibility index (Phi) is 4.64. The predicted octanol–water partition coefficient (Wildman–Crippen LogP) is 1.97. The first-order chi connectivity index (χ1) is 10.1. The first kappa shape index (κ1) is 15.1. The lowest BCUT2D eigenvalue weighted by atomic mass is 10.0. The lowest BCUT2D eigenvalue weighted by molar-refractivity contribution is -0.161. The zero-order valence-electron chi connectivity index (χ0n) is 12.2. The minimum Gasteiger partial charge on any atom is -0.468 e. The average molecular weight is 286 g/mol. The summed E-state index contributed by atoms with van der Waals surface area (Å²) in [5, 5.41) is 0. The van der Waals surface area contributed by atoms with Crippen molar-refractivity contribution in [3.05, 3.63) is 35.9 Å². The van der Waals surface area contributed by atoms with Crippen LogP contribution in [0, 0.1) is 23.2 Å². The van der Waals surface area contributed by atoms with Gasteiger partial charge in [0.2, 0.25) is 0 Å². The second-order valence-electron chi connectivity index (χ2n) is 5.02. The lowest BCUT2D eigenvalue weighted by Gasteiger charge is -2.09. The number of rotatable bonds is 4. The maximum Gasteiger partial charge on any atom is 0.324 e. The molecule has 1 saturated carbocycles. The van der Waals surface area contributed by atoms with Crippen molar-refractivity contribution in [1.82, 2.24) is 0 Å². The van der Waals surface area contributed by atoms with Crippen molar-refractivity contribution in [2.24, 2.45) is 11.3 Å². The fourth-order valence-electron chi connectivity index (χ4n) is 2.38. The summed E-state index contributed by atoms with van der Waals surface area (Å²) in [4.78, 5) is 23.5. The van der Waals surface area contributed by atoms with Crippen LogP contribution >= 0.6 is 0 Å². The Morgan fingerprint density at radius 2 is 1.81 bits per heavy atom. The van der Waals surface area contributed by atoms with Gasteiger partial charge >= 0.3 is 11.9 Å². The van der Waals surface area contributed by atoms with Gasteiger partial charge in [-0.3, -0.25) is 9.59 Å². The first-order valence-electron chi connectivity index (χ1n) is 6.84. The Hall–Kier alpha value is -2.28. The Balaban J connectivity index is 1.94. The van der Waals surface area contributed by atoms with Gasteiger partial charge in [0.05, 0.1) is 14.2 Å². The van der Waals surface area contributed by atoms with Gasteiger partial charge in [0.1, 0.15) is 0 Å². The van der Waals surface area contributed by atoms with Crippen molar-refractivity contribution >= 4 is 11.9 Å². The van der Waals surface area contributed by atoms with Gasteiger partial charge in [-0.15, -0.1) is 5.92 Å². The minimum atomic E-state index is -1.21. The first-order valence-corrected chi connectivity index (χ1v) is 6.84. The highest BCUT2D eigenvalue weighted by atomic mass is 16.5. The predicted molar refractivity (Wildman–Crippen MR) is 77.1 cm³/mol. The van der Waals surface area contributed by atoms with Crippen LogP contribution in [0.3, 0.4) is 0 Å². The van der Waals surface area contributed by atoms with E-state index in [1.807, 2.05) is 30.3 Å². The van der Waals surface area contributed by atoms with Crippen LogP contribution in [0.4, 0.5) is 0 Å². The summed E-state index contributed by atoms with van der Waals surface area (Å²) in [5.74, 6) is 4.62. The summed E-state index contributed by atoms with van der Waals surface area (Å²) in [5.41, 5.74) is 0.0123. The molecule has 0 spiro atoms. The number of hydrogen-bond acceptors (Lipinski definition) is 4. The summed E-state index contributed by atoms with van der Waals surface area (Å²) in [7, 11) is 2.54. The monoisotopic (exact) mass is 286 g/mol. The van der Waals surface area contributed by atoms with E-state index in [0.717, 1.165) is 6.42 Å². The van der Waals surface area contributed by atoms with Gasteiger partial charge in [0, 0.05) is 12.3 Å². The van der Waals surface area contributed by atoms with Crippen LogP contribution in [-0.4, -0.2) is 26.2 Å². The maximum atomic E-state index is 11.8. The zero-order valence-corrected chi connectivity index (χ0v) is 12.2. The lowest BCUT2D eigenvalue weighted by Crippen LogP contribution is -2.30. The van der Waals surface area contributed by atoms with Crippen LogP contribution in [-0.2, 0) is 25.5 Å². The number of hydrogen-bond donors (Lipinski definition) is 0. The van der Waals surface area contributed by atoms with Gasteiger partial charge in [-0.1, -0.05) is 36.3 Å². The Bertz CT molecular complexity index is 564. The minimum absolute atomic E-state index is 0.298. The Morgan fingerprint density at radius 3 is 2.38 bits per heavy atom.